The van der Waals surface area contributed by atoms with Crippen LogP contribution in [-0.4, -0.2) is 24.0 Å². The van der Waals surface area contributed by atoms with Crippen LogP contribution in [0.3, 0.4) is 0 Å². The topological polar surface area (TPSA) is 81.5 Å². The normalized spacial score (nSPS) is 11.9. The van der Waals surface area contributed by atoms with Gasteiger partial charge in [-0.2, -0.15) is 0 Å². The van der Waals surface area contributed by atoms with Crippen LogP contribution >= 0.6 is 11.6 Å². The molecule has 7 heteroatoms. The summed E-state index contributed by atoms with van der Waals surface area (Å²) in [4.78, 5) is 21.7. The molecule has 0 bridgehead atoms. The SMILES string of the molecule is COC(C)C(=O)Nc1cc(Cl)ccc1[N+](=O)[O-]. The number of hydrogen-bond donors (Lipinski definition) is 1. The molecule has 0 aliphatic heterocycles. The molecule has 0 aliphatic carbocycles. The minimum absolute atomic E-state index is 0.0522. The van der Waals surface area contributed by atoms with Crippen LogP contribution in [0.15, 0.2) is 18.2 Å². The van der Waals surface area contributed by atoms with Crippen molar-refractivity contribution in [2.24, 2.45) is 0 Å². The molecule has 0 aliphatic rings. The standard InChI is InChI=1S/C10H11ClN2O4/c1-6(17-2)10(14)12-8-5-7(11)3-4-9(8)13(15)16/h3-6H,1-2H3,(H,12,14). The molecule has 1 aromatic carbocycles. The number of carbonyl (C=O) groups is 1. The molecule has 0 saturated heterocycles. The maximum Gasteiger partial charge on any atom is 0.292 e. The highest BCUT2D eigenvalue weighted by molar-refractivity contribution is 6.31. The Bertz CT molecular complexity index is 450. The van der Waals surface area contributed by atoms with Gasteiger partial charge in [0.15, 0.2) is 0 Å². The van der Waals surface area contributed by atoms with Gasteiger partial charge in [0.25, 0.3) is 11.6 Å². The molecule has 1 N–H and O–H groups in total. The molecule has 1 amide bonds. The largest absolute Gasteiger partial charge is 0.372 e. The highest BCUT2D eigenvalue weighted by Gasteiger charge is 2.19. The van der Waals surface area contributed by atoms with Crippen molar-refractivity contribution in [2.45, 2.75) is 13.0 Å². The Labute approximate surface area is 103 Å². The quantitative estimate of drug-likeness (QED) is 0.663. The number of methoxy groups -OCH3 is 1. The number of nitro benzene ring substituents is 1. The van der Waals surface area contributed by atoms with E-state index < -0.39 is 16.9 Å². The first-order valence-corrected chi connectivity index (χ1v) is 5.11. The Morgan fingerprint density at radius 3 is 2.76 bits per heavy atom. The van der Waals surface area contributed by atoms with E-state index in [-0.39, 0.29) is 11.4 Å². The molecular formula is C10H11ClN2O4. The van der Waals surface area contributed by atoms with Crippen LogP contribution in [0.1, 0.15) is 6.92 Å². The van der Waals surface area contributed by atoms with Crippen LogP contribution in [0, 0.1) is 10.1 Å². The average Bonchev–Trinajstić information content (AvgIpc) is 2.27. The summed E-state index contributed by atoms with van der Waals surface area (Å²) in [6, 6.07) is 3.93. The van der Waals surface area contributed by atoms with Crippen LogP contribution in [0.5, 0.6) is 0 Å². The van der Waals surface area contributed by atoms with Crippen molar-refractivity contribution in [1.29, 1.82) is 0 Å². The highest BCUT2D eigenvalue weighted by Crippen LogP contribution is 2.27. The summed E-state index contributed by atoms with van der Waals surface area (Å²) in [5.74, 6) is -0.474. The van der Waals surface area contributed by atoms with E-state index >= 15 is 0 Å². The maximum atomic E-state index is 11.5. The third kappa shape index (κ3) is 3.40. The van der Waals surface area contributed by atoms with E-state index in [1.165, 1.54) is 32.2 Å². The second kappa shape index (κ2) is 5.60. The van der Waals surface area contributed by atoms with Gasteiger partial charge < -0.3 is 10.1 Å². The van der Waals surface area contributed by atoms with Crippen LogP contribution in [0.25, 0.3) is 0 Å². The lowest BCUT2D eigenvalue weighted by Gasteiger charge is -2.10. The number of benzene rings is 1. The summed E-state index contributed by atoms with van der Waals surface area (Å²) in [6.45, 7) is 1.53. The first-order valence-electron chi connectivity index (χ1n) is 4.73. The molecule has 17 heavy (non-hydrogen) atoms. The second-order valence-electron chi connectivity index (χ2n) is 3.29. The number of anilines is 1. The molecule has 92 valence electrons. The Balaban J connectivity index is 3.00. The van der Waals surface area contributed by atoms with Crippen LogP contribution < -0.4 is 5.32 Å². The zero-order valence-corrected chi connectivity index (χ0v) is 10.0. The third-order valence-electron chi connectivity index (χ3n) is 2.14. The third-order valence-corrected chi connectivity index (χ3v) is 2.37. The molecule has 0 saturated carbocycles. The molecule has 1 aromatic rings. The summed E-state index contributed by atoms with van der Waals surface area (Å²) in [5, 5.41) is 13.4. The number of hydrogen-bond acceptors (Lipinski definition) is 4. The summed E-state index contributed by atoms with van der Waals surface area (Å²) in [5.41, 5.74) is -0.164. The molecule has 0 heterocycles. The summed E-state index contributed by atoms with van der Waals surface area (Å²) in [7, 11) is 1.37. The molecule has 0 radical (unpaired) electrons. The van der Waals surface area contributed by atoms with Gasteiger partial charge in [-0.05, 0) is 19.1 Å². The van der Waals surface area contributed by atoms with Gasteiger partial charge >= 0.3 is 0 Å². The molecule has 0 aromatic heterocycles. The van der Waals surface area contributed by atoms with E-state index in [0.717, 1.165) is 0 Å². The minimum Gasteiger partial charge on any atom is -0.372 e. The fourth-order valence-corrected chi connectivity index (χ4v) is 1.28. The van der Waals surface area contributed by atoms with Crippen molar-refractivity contribution >= 4 is 28.9 Å². The summed E-state index contributed by atoms with van der Waals surface area (Å²) < 4.78 is 4.80. The van der Waals surface area contributed by atoms with Crippen molar-refractivity contribution in [2.75, 3.05) is 12.4 Å². The van der Waals surface area contributed by atoms with Gasteiger partial charge in [-0.25, -0.2) is 0 Å². The van der Waals surface area contributed by atoms with Crippen molar-refractivity contribution in [1.82, 2.24) is 0 Å². The van der Waals surface area contributed by atoms with E-state index in [2.05, 4.69) is 5.32 Å². The first kappa shape index (κ1) is 13.4. The lowest BCUT2D eigenvalue weighted by Crippen LogP contribution is -2.26. The van der Waals surface area contributed by atoms with Crippen LogP contribution in [0.2, 0.25) is 5.02 Å². The van der Waals surface area contributed by atoms with Gasteiger partial charge in [-0.15, -0.1) is 0 Å². The number of ether oxygens (including phenoxy) is 1. The fourth-order valence-electron chi connectivity index (χ4n) is 1.11. The average molecular weight is 259 g/mol. The van der Waals surface area contributed by atoms with Crippen molar-refractivity contribution in [3.63, 3.8) is 0 Å². The summed E-state index contributed by atoms with van der Waals surface area (Å²) >= 11 is 5.71. The lowest BCUT2D eigenvalue weighted by atomic mass is 10.2. The van der Waals surface area contributed by atoms with Crippen molar-refractivity contribution < 1.29 is 14.5 Å². The van der Waals surface area contributed by atoms with E-state index in [1.807, 2.05) is 0 Å². The Kier molecular flexibility index (Phi) is 4.42. The van der Waals surface area contributed by atoms with Crippen LogP contribution in [0.4, 0.5) is 11.4 Å². The van der Waals surface area contributed by atoms with E-state index in [9.17, 15) is 14.9 Å². The maximum absolute atomic E-state index is 11.5. The predicted octanol–water partition coefficient (Wildman–Crippen LogP) is 2.22. The van der Waals surface area contributed by atoms with Gasteiger partial charge in [0.05, 0.1) is 4.92 Å². The first-order chi connectivity index (χ1) is 7.95. The second-order valence-corrected chi connectivity index (χ2v) is 3.72. The Hall–Kier alpha value is -1.66. The number of nitro groups is 1. The molecule has 6 nitrogen and oxygen atoms in total. The number of amides is 1. The predicted molar refractivity (Wildman–Crippen MR) is 63.2 cm³/mol. The fraction of sp³-hybridized carbons (Fsp3) is 0.300. The molecule has 0 fully saturated rings. The number of rotatable bonds is 4. The zero-order valence-electron chi connectivity index (χ0n) is 9.27. The number of nitrogens with zero attached hydrogens (tertiary/aromatic N) is 1. The number of nitrogens with one attached hydrogen (secondary N) is 1. The molecular weight excluding hydrogens is 248 g/mol. The Morgan fingerprint density at radius 2 is 2.24 bits per heavy atom. The van der Waals surface area contributed by atoms with E-state index in [4.69, 9.17) is 16.3 Å². The van der Waals surface area contributed by atoms with Gasteiger partial charge in [0, 0.05) is 18.2 Å². The minimum atomic E-state index is -0.700. The highest BCUT2D eigenvalue weighted by atomic mass is 35.5. The molecule has 0 spiro atoms. The van der Waals surface area contributed by atoms with Gasteiger partial charge in [-0.1, -0.05) is 11.6 Å². The molecule has 1 atom stereocenters. The van der Waals surface area contributed by atoms with Gasteiger partial charge in [0.2, 0.25) is 0 Å². The molecule has 1 unspecified atom stereocenters. The smallest absolute Gasteiger partial charge is 0.292 e. The summed E-state index contributed by atoms with van der Waals surface area (Å²) in [6.07, 6.45) is -0.700. The van der Waals surface area contributed by atoms with Crippen molar-refractivity contribution in [3.8, 4) is 0 Å². The van der Waals surface area contributed by atoms with Crippen molar-refractivity contribution in [3.05, 3.63) is 33.3 Å². The van der Waals surface area contributed by atoms with Gasteiger partial charge in [-0.3, -0.25) is 14.9 Å². The van der Waals surface area contributed by atoms with E-state index in [1.54, 1.807) is 0 Å². The molecule has 1 rings (SSSR count). The van der Waals surface area contributed by atoms with Gasteiger partial charge in [0.1, 0.15) is 11.8 Å². The lowest BCUT2D eigenvalue weighted by molar-refractivity contribution is -0.383. The van der Waals surface area contributed by atoms with E-state index in [0.29, 0.717) is 5.02 Å². The zero-order chi connectivity index (χ0) is 13.0. The Morgan fingerprint density at radius 1 is 1.59 bits per heavy atom. The monoisotopic (exact) mass is 258 g/mol. The van der Waals surface area contributed by atoms with Crippen LogP contribution in [-0.2, 0) is 9.53 Å². The number of halogens is 1. The number of carbonyl (C=O) groups excluding carboxylic acids is 1.